The van der Waals surface area contributed by atoms with Gasteiger partial charge in [-0.2, -0.15) is 0 Å². The summed E-state index contributed by atoms with van der Waals surface area (Å²) in [7, 11) is 7.81. The van der Waals surface area contributed by atoms with Crippen LogP contribution in [0, 0.1) is 0 Å². The standard InChI is InChI=1S/C6H7N5.C3H9N/c1-7-5-4-6(10-2-8-4)11-3-9-5;1-4(2)3/h2-3H,1H3,(H2,7,8,9,10,11);1-3H3. The number of hydrogen-bond donors (Lipinski definition) is 2. The summed E-state index contributed by atoms with van der Waals surface area (Å²) in [5.74, 6) is 0.771. The van der Waals surface area contributed by atoms with E-state index >= 15 is 0 Å². The summed E-state index contributed by atoms with van der Waals surface area (Å²) in [6.45, 7) is 0. The number of fused-ring (bicyclic) bond motifs is 1. The fourth-order valence-corrected chi connectivity index (χ4v) is 0.955. The van der Waals surface area contributed by atoms with Crippen LogP contribution in [0.4, 0.5) is 5.82 Å². The van der Waals surface area contributed by atoms with Gasteiger partial charge in [-0.05, 0) is 21.1 Å². The maximum atomic E-state index is 4.00. The average molecular weight is 208 g/mol. The molecule has 0 saturated carbocycles. The molecular weight excluding hydrogens is 192 g/mol. The first kappa shape index (κ1) is 11.4. The quantitative estimate of drug-likeness (QED) is 0.717. The van der Waals surface area contributed by atoms with Gasteiger partial charge in [0, 0.05) is 7.05 Å². The first-order chi connectivity index (χ1) is 7.15. The molecule has 2 rings (SSSR count). The minimum atomic E-state index is 0.685. The lowest BCUT2D eigenvalue weighted by Crippen LogP contribution is -1.99. The number of rotatable bonds is 1. The molecule has 0 aliphatic heterocycles. The van der Waals surface area contributed by atoms with Crippen molar-refractivity contribution in [3.05, 3.63) is 12.7 Å². The van der Waals surface area contributed by atoms with Crippen molar-refractivity contribution in [1.82, 2.24) is 24.8 Å². The molecule has 0 saturated heterocycles. The van der Waals surface area contributed by atoms with E-state index in [-0.39, 0.29) is 0 Å². The molecule has 15 heavy (non-hydrogen) atoms. The van der Waals surface area contributed by atoms with Crippen molar-refractivity contribution < 1.29 is 0 Å². The van der Waals surface area contributed by atoms with Crippen LogP contribution in [0.2, 0.25) is 0 Å². The summed E-state index contributed by atoms with van der Waals surface area (Å²) >= 11 is 0. The van der Waals surface area contributed by atoms with Crippen molar-refractivity contribution in [3.63, 3.8) is 0 Å². The minimum Gasteiger partial charge on any atom is -0.371 e. The third-order valence-corrected chi connectivity index (χ3v) is 1.46. The first-order valence-electron chi connectivity index (χ1n) is 4.58. The van der Waals surface area contributed by atoms with Crippen molar-refractivity contribution >= 4 is 17.0 Å². The second kappa shape index (κ2) is 5.26. The zero-order valence-corrected chi connectivity index (χ0v) is 9.44. The van der Waals surface area contributed by atoms with Crippen LogP contribution in [-0.4, -0.2) is 53.0 Å². The lowest BCUT2D eigenvalue weighted by atomic mass is 10.5. The Labute approximate surface area is 88.8 Å². The highest BCUT2D eigenvalue weighted by Crippen LogP contribution is 2.12. The Kier molecular flexibility index (Phi) is 3.99. The van der Waals surface area contributed by atoms with E-state index in [0.717, 1.165) is 11.3 Å². The van der Waals surface area contributed by atoms with Crippen LogP contribution >= 0.6 is 0 Å². The zero-order chi connectivity index (χ0) is 11.3. The molecule has 82 valence electrons. The Balaban J connectivity index is 0.000000245. The molecule has 0 bridgehead atoms. The molecule has 0 radical (unpaired) electrons. The van der Waals surface area contributed by atoms with Gasteiger partial charge >= 0.3 is 0 Å². The summed E-state index contributed by atoms with van der Waals surface area (Å²) in [5.41, 5.74) is 1.53. The summed E-state index contributed by atoms with van der Waals surface area (Å²) in [6, 6.07) is 0. The topological polar surface area (TPSA) is 69.7 Å². The van der Waals surface area contributed by atoms with Crippen LogP contribution in [0.15, 0.2) is 12.7 Å². The lowest BCUT2D eigenvalue weighted by molar-refractivity contribution is 0.505. The SMILES string of the molecule is CN(C)C.CNc1ncnc2nc[nH]c12. The van der Waals surface area contributed by atoms with Gasteiger partial charge in [0.1, 0.15) is 11.8 Å². The molecule has 0 spiro atoms. The Hall–Kier alpha value is -1.69. The summed E-state index contributed by atoms with van der Waals surface area (Å²) in [5, 5.41) is 2.93. The molecule has 2 N–H and O–H groups in total. The summed E-state index contributed by atoms with van der Waals surface area (Å²) in [6.07, 6.45) is 3.08. The van der Waals surface area contributed by atoms with Gasteiger partial charge in [-0.25, -0.2) is 15.0 Å². The largest absolute Gasteiger partial charge is 0.371 e. The number of aromatic amines is 1. The van der Waals surface area contributed by atoms with Gasteiger partial charge in [0.05, 0.1) is 6.33 Å². The Morgan fingerprint density at radius 1 is 1.20 bits per heavy atom. The molecule has 0 fully saturated rings. The molecule has 0 amide bonds. The fraction of sp³-hybridized carbons (Fsp3) is 0.444. The number of imidazole rings is 1. The van der Waals surface area contributed by atoms with Gasteiger partial charge in [-0.3, -0.25) is 0 Å². The molecule has 2 aromatic heterocycles. The average Bonchev–Trinajstić information content (AvgIpc) is 2.63. The van der Waals surface area contributed by atoms with E-state index in [1.807, 2.05) is 33.1 Å². The Bertz CT molecular complexity index is 405. The minimum absolute atomic E-state index is 0.685. The number of nitrogens with one attached hydrogen (secondary N) is 2. The normalized spacial score (nSPS) is 9.93. The Morgan fingerprint density at radius 3 is 2.47 bits per heavy atom. The number of hydrogen-bond acceptors (Lipinski definition) is 5. The van der Waals surface area contributed by atoms with E-state index in [1.54, 1.807) is 6.33 Å². The molecule has 2 aromatic rings. The molecule has 0 aromatic carbocycles. The molecule has 0 aliphatic rings. The molecule has 0 atom stereocenters. The number of H-pyrrole nitrogens is 1. The molecule has 6 heteroatoms. The maximum absolute atomic E-state index is 4.00. The van der Waals surface area contributed by atoms with Gasteiger partial charge in [-0.15, -0.1) is 0 Å². The van der Waals surface area contributed by atoms with Crippen LogP contribution in [0.1, 0.15) is 0 Å². The van der Waals surface area contributed by atoms with Crippen LogP contribution in [0.25, 0.3) is 11.2 Å². The van der Waals surface area contributed by atoms with Crippen molar-refractivity contribution in [2.24, 2.45) is 0 Å². The molecular formula is C9H16N6. The number of anilines is 1. The predicted molar refractivity (Wildman–Crippen MR) is 60.8 cm³/mol. The monoisotopic (exact) mass is 208 g/mol. The number of aromatic nitrogens is 4. The van der Waals surface area contributed by atoms with Crippen LogP contribution in [0.5, 0.6) is 0 Å². The van der Waals surface area contributed by atoms with E-state index in [0.29, 0.717) is 5.65 Å². The third kappa shape index (κ3) is 3.17. The van der Waals surface area contributed by atoms with Crippen LogP contribution < -0.4 is 5.32 Å². The first-order valence-corrected chi connectivity index (χ1v) is 4.58. The summed E-state index contributed by atoms with van der Waals surface area (Å²) < 4.78 is 0. The highest BCUT2D eigenvalue weighted by molar-refractivity contribution is 5.81. The molecule has 6 nitrogen and oxygen atoms in total. The van der Waals surface area contributed by atoms with Crippen molar-refractivity contribution in [1.29, 1.82) is 0 Å². The van der Waals surface area contributed by atoms with Gasteiger partial charge in [-0.1, -0.05) is 0 Å². The van der Waals surface area contributed by atoms with Crippen molar-refractivity contribution in [3.8, 4) is 0 Å². The van der Waals surface area contributed by atoms with E-state index in [2.05, 4.69) is 25.3 Å². The molecule has 0 unspecified atom stereocenters. The van der Waals surface area contributed by atoms with Crippen molar-refractivity contribution in [2.75, 3.05) is 33.5 Å². The second-order valence-corrected chi connectivity index (χ2v) is 3.42. The fourth-order valence-electron chi connectivity index (χ4n) is 0.955. The highest BCUT2D eigenvalue weighted by Gasteiger charge is 2.01. The smallest absolute Gasteiger partial charge is 0.182 e. The second-order valence-electron chi connectivity index (χ2n) is 3.42. The lowest BCUT2D eigenvalue weighted by Gasteiger charge is -1.96. The van der Waals surface area contributed by atoms with Gasteiger partial charge in [0.25, 0.3) is 0 Å². The van der Waals surface area contributed by atoms with E-state index in [4.69, 9.17) is 0 Å². The summed E-state index contributed by atoms with van der Waals surface area (Å²) in [4.78, 5) is 16.9. The van der Waals surface area contributed by atoms with E-state index < -0.39 is 0 Å². The zero-order valence-electron chi connectivity index (χ0n) is 9.44. The Morgan fingerprint density at radius 2 is 1.87 bits per heavy atom. The highest BCUT2D eigenvalue weighted by atomic mass is 15.1. The van der Waals surface area contributed by atoms with Crippen LogP contribution in [-0.2, 0) is 0 Å². The molecule has 2 heterocycles. The molecule has 0 aliphatic carbocycles. The predicted octanol–water partition coefficient (Wildman–Crippen LogP) is 0.572. The van der Waals surface area contributed by atoms with Crippen LogP contribution in [0.3, 0.4) is 0 Å². The van der Waals surface area contributed by atoms with E-state index in [9.17, 15) is 0 Å². The maximum Gasteiger partial charge on any atom is 0.182 e. The number of nitrogens with zero attached hydrogens (tertiary/aromatic N) is 4. The van der Waals surface area contributed by atoms with E-state index in [1.165, 1.54) is 6.33 Å². The third-order valence-electron chi connectivity index (χ3n) is 1.46. The van der Waals surface area contributed by atoms with Gasteiger partial charge in [0.15, 0.2) is 11.5 Å². The van der Waals surface area contributed by atoms with Crippen molar-refractivity contribution in [2.45, 2.75) is 0 Å². The van der Waals surface area contributed by atoms with Gasteiger partial charge < -0.3 is 15.2 Å². The van der Waals surface area contributed by atoms with Gasteiger partial charge in [0.2, 0.25) is 0 Å².